The van der Waals surface area contributed by atoms with Gasteiger partial charge in [-0.25, -0.2) is 8.42 Å². The lowest BCUT2D eigenvalue weighted by molar-refractivity contribution is 0.395. The average molecular weight is 373 g/mol. The van der Waals surface area contributed by atoms with E-state index in [1.807, 2.05) is 12.1 Å². The molecule has 0 unspecified atom stereocenters. The maximum Gasteiger partial charge on any atom is 0.262 e. The molecule has 0 aliphatic carbocycles. The third kappa shape index (κ3) is 3.52. The Hall–Kier alpha value is -2.93. The highest BCUT2D eigenvalue weighted by Gasteiger charge is 2.17. The Morgan fingerprint density at radius 3 is 2.04 bits per heavy atom. The van der Waals surface area contributed by atoms with E-state index < -0.39 is 10.0 Å². The van der Waals surface area contributed by atoms with Crippen molar-refractivity contribution in [3.05, 3.63) is 54.6 Å². The summed E-state index contributed by atoms with van der Waals surface area (Å²) in [5.41, 5.74) is 0.336. The lowest BCUT2D eigenvalue weighted by atomic mass is 10.1. The van der Waals surface area contributed by atoms with Gasteiger partial charge in [0.15, 0.2) is 0 Å². The van der Waals surface area contributed by atoms with Crippen molar-refractivity contribution in [2.24, 2.45) is 0 Å². The van der Waals surface area contributed by atoms with E-state index in [9.17, 15) is 8.42 Å². The van der Waals surface area contributed by atoms with Crippen LogP contribution in [0.2, 0.25) is 0 Å². The Labute approximate surface area is 152 Å². The molecule has 0 aromatic heterocycles. The van der Waals surface area contributed by atoms with Gasteiger partial charge in [0.1, 0.15) is 17.2 Å². The molecule has 0 amide bonds. The van der Waals surface area contributed by atoms with Crippen LogP contribution in [0.25, 0.3) is 10.8 Å². The van der Waals surface area contributed by atoms with Crippen molar-refractivity contribution < 1.29 is 22.6 Å². The number of nitrogens with one attached hydrogen (secondary N) is 1. The van der Waals surface area contributed by atoms with Gasteiger partial charge in [-0.1, -0.05) is 12.1 Å². The predicted octanol–water partition coefficient (Wildman–Crippen LogP) is 3.67. The molecule has 3 aromatic rings. The SMILES string of the molecule is COc1ccc(NS(=O)(=O)c2ccc3cc(OC)ccc3c2)c(OC)c1. The maximum absolute atomic E-state index is 12.8. The maximum atomic E-state index is 12.8. The molecule has 0 aliphatic rings. The van der Waals surface area contributed by atoms with Crippen LogP contribution in [0.4, 0.5) is 5.69 Å². The molecule has 0 aliphatic heterocycles. The fraction of sp³-hybridized carbons (Fsp3) is 0.158. The molecule has 0 saturated carbocycles. The first-order chi connectivity index (χ1) is 12.5. The van der Waals surface area contributed by atoms with Gasteiger partial charge in [-0.3, -0.25) is 4.72 Å². The Morgan fingerprint density at radius 1 is 0.731 bits per heavy atom. The third-order valence-electron chi connectivity index (χ3n) is 3.98. The van der Waals surface area contributed by atoms with Crippen molar-refractivity contribution in [1.29, 1.82) is 0 Å². The quantitative estimate of drug-likeness (QED) is 0.714. The van der Waals surface area contributed by atoms with Crippen molar-refractivity contribution in [2.75, 3.05) is 26.1 Å². The van der Waals surface area contributed by atoms with E-state index in [2.05, 4.69) is 4.72 Å². The topological polar surface area (TPSA) is 73.9 Å². The van der Waals surface area contributed by atoms with E-state index in [0.717, 1.165) is 10.8 Å². The molecule has 0 radical (unpaired) electrons. The molecule has 3 rings (SSSR count). The van der Waals surface area contributed by atoms with Gasteiger partial charge in [0.25, 0.3) is 10.0 Å². The molecule has 136 valence electrons. The number of sulfonamides is 1. The zero-order valence-electron chi connectivity index (χ0n) is 14.6. The van der Waals surface area contributed by atoms with Crippen molar-refractivity contribution in [2.45, 2.75) is 4.90 Å². The molecule has 0 fully saturated rings. The van der Waals surface area contributed by atoms with Crippen LogP contribution in [-0.2, 0) is 10.0 Å². The van der Waals surface area contributed by atoms with E-state index in [0.29, 0.717) is 22.9 Å². The second-order valence-electron chi connectivity index (χ2n) is 5.55. The summed E-state index contributed by atoms with van der Waals surface area (Å²) in [6, 6.07) is 15.3. The molecule has 0 bridgehead atoms. The second-order valence-corrected chi connectivity index (χ2v) is 7.23. The highest BCUT2D eigenvalue weighted by Crippen LogP contribution is 2.31. The number of rotatable bonds is 6. The minimum atomic E-state index is -3.77. The lowest BCUT2D eigenvalue weighted by Gasteiger charge is -2.13. The minimum absolute atomic E-state index is 0.160. The van der Waals surface area contributed by atoms with Crippen LogP contribution >= 0.6 is 0 Å². The summed E-state index contributed by atoms with van der Waals surface area (Å²) in [4.78, 5) is 0.160. The largest absolute Gasteiger partial charge is 0.497 e. The second kappa shape index (κ2) is 7.13. The first-order valence-corrected chi connectivity index (χ1v) is 9.28. The number of hydrogen-bond donors (Lipinski definition) is 1. The number of fused-ring (bicyclic) bond motifs is 1. The smallest absolute Gasteiger partial charge is 0.262 e. The summed E-state index contributed by atoms with van der Waals surface area (Å²) < 4.78 is 43.7. The number of anilines is 1. The zero-order chi connectivity index (χ0) is 18.7. The van der Waals surface area contributed by atoms with Crippen LogP contribution < -0.4 is 18.9 Å². The molecular weight excluding hydrogens is 354 g/mol. The summed E-state index contributed by atoms with van der Waals surface area (Å²) in [5, 5.41) is 1.70. The molecule has 0 atom stereocenters. The summed E-state index contributed by atoms with van der Waals surface area (Å²) in [7, 11) is 0.813. The van der Waals surface area contributed by atoms with Gasteiger partial charge in [-0.15, -0.1) is 0 Å². The number of methoxy groups -OCH3 is 3. The fourth-order valence-corrected chi connectivity index (χ4v) is 3.69. The van der Waals surface area contributed by atoms with Crippen molar-refractivity contribution in [1.82, 2.24) is 0 Å². The van der Waals surface area contributed by atoms with Crippen LogP contribution in [0.1, 0.15) is 0 Å². The Morgan fingerprint density at radius 2 is 1.35 bits per heavy atom. The third-order valence-corrected chi connectivity index (χ3v) is 5.35. The van der Waals surface area contributed by atoms with Crippen molar-refractivity contribution in [3.8, 4) is 17.2 Å². The average Bonchev–Trinajstić information content (AvgIpc) is 2.67. The highest BCUT2D eigenvalue weighted by molar-refractivity contribution is 7.92. The summed E-state index contributed by atoms with van der Waals surface area (Å²) in [6.45, 7) is 0. The number of hydrogen-bond acceptors (Lipinski definition) is 5. The molecule has 1 N–H and O–H groups in total. The summed E-state index contributed by atoms with van der Waals surface area (Å²) >= 11 is 0. The number of ether oxygens (including phenoxy) is 3. The van der Waals surface area contributed by atoms with Gasteiger partial charge in [-0.2, -0.15) is 0 Å². The summed E-state index contributed by atoms with van der Waals surface area (Å²) in [5.74, 6) is 1.66. The van der Waals surface area contributed by atoms with E-state index >= 15 is 0 Å². The van der Waals surface area contributed by atoms with Crippen LogP contribution in [0.5, 0.6) is 17.2 Å². The zero-order valence-corrected chi connectivity index (χ0v) is 15.5. The van der Waals surface area contributed by atoms with Crippen LogP contribution in [0, 0.1) is 0 Å². The number of benzene rings is 3. The van der Waals surface area contributed by atoms with E-state index in [1.165, 1.54) is 14.2 Å². The molecule has 0 saturated heterocycles. The molecular formula is C19H19NO5S. The Balaban J connectivity index is 1.96. The molecule has 0 heterocycles. The molecule has 0 spiro atoms. The Kier molecular flexibility index (Phi) is 4.90. The molecule has 7 heteroatoms. The minimum Gasteiger partial charge on any atom is -0.497 e. The van der Waals surface area contributed by atoms with Gasteiger partial charge in [-0.05, 0) is 47.2 Å². The van der Waals surface area contributed by atoms with Crippen molar-refractivity contribution >= 4 is 26.5 Å². The molecule has 6 nitrogen and oxygen atoms in total. The standard InChI is InChI=1S/C19H19NO5S/c1-23-15-6-4-14-11-17(8-5-13(14)10-15)26(21,22)20-18-9-7-16(24-2)12-19(18)25-3/h4-12,20H,1-3H3. The van der Waals surface area contributed by atoms with E-state index in [-0.39, 0.29) is 4.90 Å². The van der Waals surface area contributed by atoms with Gasteiger partial charge in [0.2, 0.25) is 0 Å². The van der Waals surface area contributed by atoms with Crippen LogP contribution in [0.15, 0.2) is 59.5 Å². The molecule has 26 heavy (non-hydrogen) atoms. The normalized spacial score (nSPS) is 11.2. The van der Waals surface area contributed by atoms with Gasteiger partial charge in [0.05, 0.1) is 31.9 Å². The van der Waals surface area contributed by atoms with E-state index in [1.54, 1.807) is 49.6 Å². The van der Waals surface area contributed by atoms with Gasteiger partial charge in [0, 0.05) is 6.07 Å². The predicted molar refractivity (Wildman–Crippen MR) is 101 cm³/mol. The van der Waals surface area contributed by atoms with E-state index in [4.69, 9.17) is 14.2 Å². The lowest BCUT2D eigenvalue weighted by Crippen LogP contribution is -2.13. The first kappa shape index (κ1) is 17.9. The fourth-order valence-electron chi connectivity index (χ4n) is 2.58. The van der Waals surface area contributed by atoms with Gasteiger partial charge >= 0.3 is 0 Å². The van der Waals surface area contributed by atoms with Crippen LogP contribution in [-0.4, -0.2) is 29.7 Å². The monoisotopic (exact) mass is 373 g/mol. The van der Waals surface area contributed by atoms with Crippen LogP contribution in [0.3, 0.4) is 0 Å². The molecule has 3 aromatic carbocycles. The van der Waals surface area contributed by atoms with Gasteiger partial charge < -0.3 is 14.2 Å². The summed E-state index contributed by atoms with van der Waals surface area (Å²) in [6.07, 6.45) is 0. The Bertz CT molecular complexity index is 1050. The highest BCUT2D eigenvalue weighted by atomic mass is 32.2. The first-order valence-electron chi connectivity index (χ1n) is 7.79. The van der Waals surface area contributed by atoms with Crippen molar-refractivity contribution in [3.63, 3.8) is 0 Å².